The number of benzene rings is 2. The topological polar surface area (TPSA) is 110 Å². The molecule has 12 heteroatoms. The van der Waals surface area contributed by atoms with Gasteiger partial charge >= 0.3 is 6.18 Å². The van der Waals surface area contributed by atoms with Crippen LogP contribution in [0.25, 0.3) is 0 Å². The fourth-order valence-corrected chi connectivity index (χ4v) is 5.21. The van der Waals surface area contributed by atoms with Crippen molar-refractivity contribution < 1.29 is 30.0 Å². The lowest BCUT2D eigenvalue weighted by Gasteiger charge is -2.37. The van der Waals surface area contributed by atoms with Gasteiger partial charge in [-0.2, -0.15) is 26.3 Å². The van der Waals surface area contributed by atoms with E-state index >= 15 is 0 Å². The van der Waals surface area contributed by atoms with Gasteiger partial charge in [0.1, 0.15) is 11.1 Å². The van der Waals surface area contributed by atoms with E-state index in [1.54, 1.807) is 30.3 Å². The molecule has 3 rings (SSSR count). The number of nitrogens with one attached hydrogen (secondary N) is 1. The summed E-state index contributed by atoms with van der Waals surface area (Å²) in [5.41, 5.74) is -1.27. The van der Waals surface area contributed by atoms with E-state index in [0.717, 1.165) is 0 Å². The maximum atomic E-state index is 13.1. The van der Waals surface area contributed by atoms with E-state index < -0.39 is 48.7 Å². The van der Waals surface area contributed by atoms with Gasteiger partial charge in [-0.3, -0.25) is 0 Å². The van der Waals surface area contributed by atoms with Crippen molar-refractivity contribution in [2.24, 2.45) is 5.14 Å². The maximum absolute atomic E-state index is 13.1. The fourth-order valence-electron chi connectivity index (χ4n) is 2.83. The Morgan fingerprint density at radius 2 is 1.74 bits per heavy atom. The van der Waals surface area contributed by atoms with E-state index in [1.165, 1.54) is 0 Å². The number of anilines is 1. The molecule has 1 aliphatic rings. The zero-order valence-electron chi connectivity index (χ0n) is 13.5. The average Bonchev–Trinajstić information content (AvgIpc) is 2.52. The molecule has 3 N–H and O–H groups in total. The lowest BCUT2D eigenvalue weighted by atomic mass is 10.1. The molecular weight excluding hydrogens is 407 g/mol. The first kappa shape index (κ1) is 19.6. The summed E-state index contributed by atoms with van der Waals surface area (Å²) in [6.45, 7) is 0. The minimum absolute atomic E-state index is 0.133. The molecule has 0 bridgehead atoms. The summed E-state index contributed by atoms with van der Waals surface area (Å²) < 4.78 is 90.9. The van der Waals surface area contributed by atoms with Crippen LogP contribution in [0.3, 0.4) is 0 Å². The van der Waals surface area contributed by atoms with Gasteiger partial charge in [0.15, 0.2) is 0 Å². The first-order valence-corrected chi connectivity index (χ1v) is 10.5. The molecule has 0 aliphatic carbocycles. The molecule has 1 unspecified atom stereocenters. The number of rotatable bonds is 3. The maximum Gasteiger partial charge on any atom is 0.416 e. The van der Waals surface area contributed by atoms with E-state index in [4.69, 9.17) is 5.14 Å². The highest BCUT2D eigenvalue weighted by Crippen LogP contribution is 2.38. The molecule has 1 heterocycles. The van der Waals surface area contributed by atoms with Crippen molar-refractivity contribution in [1.29, 1.82) is 0 Å². The Kier molecular flexibility index (Phi) is 4.70. The molecule has 7 nitrogen and oxygen atoms in total. The molecule has 1 aliphatic heterocycles. The van der Waals surface area contributed by atoms with Crippen LogP contribution in [0.2, 0.25) is 0 Å². The number of hydrogen-bond donors (Lipinski definition) is 2. The average molecular weight is 421 g/mol. The largest absolute Gasteiger partial charge is 0.416 e. The molecule has 0 amide bonds. The van der Waals surface area contributed by atoms with Crippen LogP contribution in [0.4, 0.5) is 18.9 Å². The zero-order chi connectivity index (χ0) is 20.0. The third-order valence-corrected chi connectivity index (χ3v) is 6.44. The number of nitrogens with two attached hydrogens (primary N) is 1. The Morgan fingerprint density at radius 1 is 1.11 bits per heavy atom. The van der Waals surface area contributed by atoms with Crippen molar-refractivity contribution in [3.05, 3.63) is 59.7 Å². The smallest absolute Gasteiger partial charge is 0.239 e. The number of sulfonamides is 1. The molecule has 0 radical (unpaired) electrons. The van der Waals surface area contributed by atoms with Crippen LogP contribution in [-0.4, -0.2) is 23.0 Å². The van der Waals surface area contributed by atoms with Crippen LogP contribution in [0.15, 0.2) is 53.4 Å². The number of halogens is 3. The predicted octanol–water partition coefficient (Wildman–Crippen LogP) is 1.58. The molecular formula is C15H14F3N3O4S2. The van der Waals surface area contributed by atoms with Crippen molar-refractivity contribution in [3.63, 3.8) is 0 Å². The molecule has 0 spiro atoms. The summed E-state index contributed by atoms with van der Waals surface area (Å²) in [6.07, 6.45) is -6.34. The van der Waals surface area contributed by atoms with Gasteiger partial charge < -0.3 is 0 Å². The van der Waals surface area contributed by atoms with Crippen LogP contribution in [-0.2, 0) is 32.8 Å². The summed E-state index contributed by atoms with van der Waals surface area (Å²) in [6, 6.07) is 10.0. The number of alkyl halides is 3. The molecule has 0 saturated heterocycles. The second-order valence-corrected chi connectivity index (χ2v) is 8.95. The van der Waals surface area contributed by atoms with E-state index in [9.17, 15) is 30.0 Å². The monoisotopic (exact) mass is 421 g/mol. The predicted molar refractivity (Wildman–Crippen MR) is 91.3 cm³/mol. The standard InChI is InChI=1S/C15H14F3N3O4S2/c16-15(17,18)11-6-7-13-12(9-11)21(27(19,24)25)14(20-26(13,22)23)8-10-4-2-1-3-5-10/h1-7,9,14,20H,8H2,(H2,19,24,25). The first-order valence-electron chi connectivity index (χ1n) is 7.49. The molecule has 0 aromatic heterocycles. The van der Waals surface area contributed by atoms with Crippen LogP contribution in [0.5, 0.6) is 0 Å². The van der Waals surface area contributed by atoms with Crippen molar-refractivity contribution >= 4 is 25.9 Å². The van der Waals surface area contributed by atoms with Gasteiger partial charge in [-0.25, -0.2) is 17.9 Å². The molecule has 27 heavy (non-hydrogen) atoms. The molecule has 2 aromatic carbocycles. The Bertz CT molecular complexity index is 1070. The summed E-state index contributed by atoms with van der Waals surface area (Å²) in [5, 5.41) is 5.20. The van der Waals surface area contributed by atoms with Gasteiger partial charge in [-0.1, -0.05) is 30.3 Å². The van der Waals surface area contributed by atoms with E-state index in [0.29, 0.717) is 28.1 Å². The molecule has 2 aromatic rings. The normalized spacial score (nSPS) is 19.6. The van der Waals surface area contributed by atoms with Crippen LogP contribution in [0.1, 0.15) is 11.1 Å². The summed E-state index contributed by atoms with van der Waals surface area (Å²) in [7, 11) is -8.83. The third-order valence-electron chi connectivity index (χ3n) is 3.93. The Morgan fingerprint density at radius 3 is 2.30 bits per heavy atom. The highest BCUT2D eigenvalue weighted by atomic mass is 32.2. The van der Waals surface area contributed by atoms with Crippen LogP contribution < -0.4 is 14.2 Å². The van der Waals surface area contributed by atoms with Gasteiger partial charge in [0.2, 0.25) is 10.0 Å². The summed E-state index contributed by atoms with van der Waals surface area (Å²) in [5.74, 6) is 0. The second-order valence-electron chi connectivity index (χ2n) is 5.85. The highest BCUT2D eigenvalue weighted by Gasteiger charge is 2.42. The zero-order valence-corrected chi connectivity index (χ0v) is 15.1. The lowest BCUT2D eigenvalue weighted by Crippen LogP contribution is -2.57. The summed E-state index contributed by atoms with van der Waals surface area (Å²) >= 11 is 0. The molecule has 146 valence electrons. The highest BCUT2D eigenvalue weighted by molar-refractivity contribution is 7.92. The van der Waals surface area contributed by atoms with Crippen LogP contribution in [0, 0.1) is 0 Å². The minimum Gasteiger partial charge on any atom is -0.239 e. The third kappa shape index (κ3) is 3.93. The molecule has 0 fully saturated rings. The number of hydrogen-bond acceptors (Lipinski definition) is 4. The van der Waals surface area contributed by atoms with Gasteiger partial charge in [-0.05, 0) is 23.8 Å². The lowest BCUT2D eigenvalue weighted by molar-refractivity contribution is -0.137. The second kappa shape index (κ2) is 6.48. The SMILES string of the molecule is NS(=O)(=O)N1c2cc(C(F)(F)F)ccc2S(=O)(=O)NC1Cc1ccccc1. The Labute approximate surface area is 153 Å². The van der Waals surface area contributed by atoms with E-state index in [1.807, 2.05) is 0 Å². The Hall–Kier alpha value is -2.15. The van der Waals surface area contributed by atoms with Gasteiger partial charge in [-0.15, -0.1) is 0 Å². The quantitative estimate of drug-likeness (QED) is 0.784. The Balaban J connectivity index is 2.19. The van der Waals surface area contributed by atoms with E-state index in [-0.39, 0.29) is 6.42 Å². The number of fused-ring (bicyclic) bond motifs is 1. The van der Waals surface area contributed by atoms with Crippen molar-refractivity contribution in [3.8, 4) is 0 Å². The van der Waals surface area contributed by atoms with E-state index in [2.05, 4.69) is 4.72 Å². The summed E-state index contributed by atoms with van der Waals surface area (Å²) in [4.78, 5) is -0.603. The number of nitrogens with zero attached hydrogens (tertiary/aromatic N) is 1. The van der Waals surface area contributed by atoms with Gasteiger partial charge in [0, 0.05) is 6.42 Å². The van der Waals surface area contributed by atoms with Crippen molar-refractivity contribution in [1.82, 2.24) is 4.72 Å². The minimum atomic E-state index is -4.79. The van der Waals surface area contributed by atoms with Gasteiger partial charge in [0.05, 0.1) is 11.3 Å². The molecule has 0 saturated carbocycles. The van der Waals surface area contributed by atoms with Crippen molar-refractivity contribution in [2.75, 3.05) is 4.31 Å². The first-order chi connectivity index (χ1) is 12.4. The van der Waals surface area contributed by atoms with Gasteiger partial charge in [0.25, 0.3) is 10.2 Å². The molecule has 1 atom stereocenters. The van der Waals surface area contributed by atoms with Crippen molar-refractivity contribution in [2.45, 2.75) is 23.7 Å². The fraction of sp³-hybridized carbons (Fsp3) is 0.200. The van der Waals surface area contributed by atoms with Crippen LogP contribution >= 0.6 is 0 Å².